The Labute approximate surface area is 161 Å². The fraction of sp³-hybridized carbons (Fsp3) is 0.368. The van der Waals surface area contributed by atoms with Crippen molar-refractivity contribution < 1.29 is 19.1 Å². The van der Waals surface area contributed by atoms with Crippen LogP contribution in [0.2, 0.25) is 0 Å². The maximum absolute atomic E-state index is 12.1. The molecule has 0 bridgehead atoms. The Kier molecular flexibility index (Phi) is 6.18. The number of ether oxygens (including phenoxy) is 1. The number of benzene rings is 1. The van der Waals surface area contributed by atoms with Crippen molar-refractivity contribution in [2.24, 2.45) is 0 Å². The van der Waals surface area contributed by atoms with Gasteiger partial charge in [0.25, 0.3) is 5.91 Å². The minimum Gasteiger partial charge on any atom is -0.452 e. The Morgan fingerprint density at radius 2 is 2.11 bits per heavy atom. The number of hydrogen-bond acceptors (Lipinski definition) is 6. The first-order chi connectivity index (χ1) is 13.0. The van der Waals surface area contributed by atoms with Crippen molar-refractivity contribution in [2.75, 3.05) is 11.4 Å². The van der Waals surface area contributed by atoms with E-state index < -0.39 is 12.1 Å². The number of anilines is 1. The van der Waals surface area contributed by atoms with Gasteiger partial charge in [-0.3, -0.25) is 19.3 Å². The lowest BCUT2D eigenvalue weighted by Gasteiger charge is -2.13. The molecule has 0 aliphatic carbocycles. The number of amides is 2. The molecule has 1 N–H and O–H groups in total. The molecule has 142 valence electrons. The van der Waals surface area contributed by atoms with Crippen molar-refractivity contribution in [2.45, 2.75) is 38.8 Å². The van der Waals surface area contributed by atoms with E-state index in [1.54, 1.807) is 10.3 Å². The van der Waals surface area contributed by atoms with Crippen LogP contribution < -0.4 is 10.2 Å². The molecule has 27 heavy (non-hydrogen) atoms. The number of esters is 1. The van der Waals surface area contributed by atoms with E-state index in [1.807, 2.05) is 30.3 Å². The van der Waals surface area contributed by atoms with Crippen molar-refractivity contribution >= 4 is 34.3 Å². The number of rotatable bonds is 7. The summed E-state index contributed by atoms with van der Waals surface area (Å²) in [4.78, 5) is 41.9. The average Bonchev–Trinajstić information content (AvgIpc) is 3.29. The summed E-state index contributed by atoms with van der Waals surface area (Å²) in [5.74, 6) is -0.821. The average molecular weight is 387 g/mol. The highest BCUT2D eigenvalue weighted by molar-refractivity contribution is 7.14. The highest BCUT2D eigenvalue weighted by atomic mass is 32.1. The van der Waals surface area contributed by atoms with Crippen LogP contribution in [0.1, 0.15) is 31.0 Å². The van der Waals surface area contributed by atoms with Gasteiger partial charge in [-0.05, 0) is 18.9 Å². The normalized spacial score (nSPS) is 14.9. The van der Waals surface area contributed by atoms with Crippen LogP contribution in [0.15, 0.2) is 35.7 Å². The summed E-state index contributed by atoms with van der Waals surface area (Å²) in [6.45, 7) is 2.57. The predicted molar refractivity (Wildman–Crippen MR) is 101 cm³/mol. The largest absolute Gasteiger partial charge is 0.452 e. The number of hydrogen-bond donors (Lipinski definition) is 1. The molecule has 2 aromatic rings. The molecule has 2 heterocycles. The molecule has 7 nitrogen and oxygen atoms in total. The van der Waals surface area contributed by atoms with Gasteiger partial charge in [-0.25, -0.2) is 4.98 Å². The molecule has 1 aromatic carbocycles. The lowest BCUT2D eigenvalue weighted by atomic mass is 10.2. The third kappa shape index (κ3) is 5.13. The SMILES string of the molecule is CC(OC(=O)Cc1csc(N2CCCC2=O)n1)C(=O)NCc1ccccc1. The van der Waals surface area contributed by atoms with Gasteiger partial charge in [-0.2, -0.15) is 0 Å². The first-order valence-electron chi connectivity index (χ1n) is 8.79. The number of aromatic nitrogens is 1. The number of carbonyl (C=O) groups is 3. The van der Waals surface area contributed by atoms with E-state index in [-0.39, 0.29) is 18.2 Å². The lowest BCUT2D eigenvalue weighted by Crippen LogP contribution is -2.35. The predicted octanol–water partition coefficient (Wildman–Crippen LogP) is 2.06. The molecule has 2 amide bonds. The van der Waals surface area contributed by atoms with Crippen LogP contribution in [0.5, 0.6) is 0 Å². The molecule has 0 spiro atoms. The van der Waals surface area contributed by atoms with Crippen molar-refractivity contribution in [1.82, 2.24) is 10.3 Å². The molecule has 1 atom stereocenters. The van der Waals surface area contributed by atoms with Crippen LogP contribution in [0.3, 0.4) is 0 Å². The molecule has 8 heteroatoms. The second-order valence-electron chi connectivity index (χ2n) is 6.28. The summed E-state index contributed by atoms with van der Waals surface area (Å²) >= 11 is 1.33. The minimum absolute atomic E-state index is 0.0329. The molecule has 0 radical (unpaired) electrons. The topological polar surface area (TPSA) is 88.6 Å². The van der Waals surface area contributed by atoms with Gasteiger partial charge in [-0.15, -0.1) is 11.3 Å². The third-order valence-electron chi connectivity index (χ3n) is 4.16. The summed E-state index contributed by atoms with van der Waals surface area (Å²) in [5.41, 5.74) is 1.51. The van der Waals surface area contributed by atoms with Crippen LogP contribution in [0.4, 0.5) is 5.13 Å². The first-order valence-corrected chi connectivity index (χ1v) is 9.67. The third-order valence-corrected chi connectivity index (χ3v) is 5.07. The van der Waals surface area contributed by atoms with Crippen molar-refractivity contribution in [3.8, 4) is 0 Å². The second kappa shape index (κ2) is 8.77. The molecule has 1 aliphatic rings. The van der Waals surface area contributed by atoms with E-state index in [0.717, 1.165) is 12.0 Å². The highest BCUT2D eigenvalue weighted by Gasteiger charge is 2.25. The number of carbonyl (C=O) groups excluding carboxylic acids is 3. The van der Waals surface area contributed by atoms with Crippen molar-refractivity contribution in [1.29, 1.82) is 0 Å². The highest BCUT2D eigenvalue weighted by Crippen LogP contribution is 2.25. The summed E-state index contributed by atoms with van der Waals surface area (Å²) < 4.78 is 5.19. The van der Waals surface area contributed by atoms with E-state index in [2.05, 4.69) is 10.3 Å². The zero-order valence-electron chi connectivity index (χ0n) is 15.0. The van der Waals surface area contributed by atoms with Crippen LogP contribution in [0.25, 0.3) is 0 Å². The zero-order valence-corrected chi connectivity index (χ0v) is 15.8. The molecule has 1 unspecified atom stereocenters. The summed E-state index contributed by atoms with van der Waals surface area (Å²) in [6, 6.07) is 9.49. The lowest BCUT2D eigenvalue weighted by molar-refractivity contribution is -0.154. The monoisotopic (exact) mass is 387 g/mol. The second-order valence-corrected chi connectivity index (χ2v) is 7.12. The fourth-order valence-electron chi connectivity index (χ4n) is 2.72. The van der Waals surface area contributed by atoms with Gasteiger partial charge < -0.3 is 10.1 Å². The van der Waals surface area contributed by atoms with Gasteiger partial charge in [0.2, 0.25) is 5.91 Å². The van der Waals surface area contributed by atoms with E-state index in [4.69, 9.17) is 4.74 Å². The van der Waals surface area contributed by atoms with E-state index in [0.29, 0.717) is 30.3 Å². The van der Waals surface area contributed by atoms with Crippen molar-refractivity contribution in [3.05, 3.63) is 47.0 Å². The van der Waals surface area contributed by atoms with Crippen molar-refractivity contribution in [3.63, 3.8) is 0 Å². The smallest absolute Gasteiger partial charge is 0.312 e. The molecule has 1 aliphatic heterocycles. The Hall–Kier alpha value is -2.74. The summed E-state index contributed by atoms with van der Waals surface area (Å²) in [7, 11) is 0. The van der Waals surface area contributed by atoms with Gasteiger partial charge in [-0.1, -0.05) is 30.3 Å². The molecular weight excluding hydrogens is 366 g/mol. The molecule has 1 saturated heterocycles. The molecule has 1 fully saturated rings. The summed E-state index contributed by atoms with van der Waals surface area (Å²) in [5, 5.41) is 5.08. The number of thiazole rings is 1. The molecule has 3 rings (SSSR count). The van der Waals surface area contributed by atoms with Crippen LogP contribution in [-0.2, 0) is 32.1 Å². The first kappa shape index (κ1) is 19.0. The Morgan fingerprint density at radius 3 is 2.81 bits per heavy atom. The van der Waals surface area contributed by atoms with Crippen LogP contribution in [-0.4, -0.2) is 35.4 Å². The Balaban J connectivity index is 1.46. The van der Waals surface area contributed by atoms with E-state index in [9.17, 15) is 14.4 Å². The zero-order chi connectivity index (χ0) is 19.2. The Morgan fingerprint density at radius 1 is 1.33 bits per heavy atom. The van der Waals surface area contributed by atoms with Gasteiger partial charge in [0.05, 0.1) is 12.1 Å². The number of nitrogens with zero attached hydrogens (tertiary/aromatic N) is 2. The van der Waals surface area contributed by atoms with E-state index in [1.165, 1.54) is 18.3 Å². The summed E-state index contributed by atoms with van der Waals surface area (Å²) in [6.07, 6.45) is 0.437. The van der Waals surface area contributed by atoms with Gasteiger partial charge in [0.15, 0.2) is 11.2 Å². The van der Waals surface area contributed by atoms with Crippen LogP contribution >= 0.6 is 11.3 Å². The maximum atomic E-state index is 12.1. The molecule has 0 saturated carbocycles. The minimum atomic E-state index is -0.889. The maximum Gasteiger partial charge on any atom is 0.312 e. The molecule has 1 aromatic heterocycles. The standard InChI is InChI=1S/C19H21N3O4S/c1-13(18(25)20-11-14-6-3-2-4-7-14)26-17(24)10-15-12-27-19(21-15)22-9-5-8-16(22)23/h2-4,6-7,12-13H,5,8-11H2,1H3,(H,20,25). The Bertz CT molecular complexity index is 821. The van der Waals surface area contributed by atoms with E-state index >= 15 is 0 Å². The number of nitrogens with one attached hydrogen (secondary N) is 1. The van der Waals surface area contributed by atoms with Gasteiger partial charge in [0.1, 0.15) is 0 Å². The quantitative estimate of drug-likeness (QED) is 0.735. The van der Waals surface area contributed by atoms with Gasteiger partial charge in [0, 0.05) is 24.9 Å². The fourth-order valence-corrected chi connectivity index (χ4v) is 3.59. The van der Waals surface area contributed by atoms with Gasteiger partial charge >= 0.3 is 5.97 Å². The molecular formula is C19H21N3O4S. The van der Waals surface area contributed by atoms with Crippen LogP contribution in [0, 0.1) is 0 Å².